The summed E-state index contributed by atoms with van der Waals surface area (Å²) < 4.78 is 13.7. The van der Waals surface area contributed by atoms with Crippen LogP contribution in [0, 0.1) is 17.7 Å². The Balaban J connectivity index is 1.94. The third kappa shape index (κ3) is 4.55. The maximum Gasteiger partial charge on any atom is 0.254 e. The van der Waals surface area contributed by atoms with Crippen molar-refractivity contribution in [2.45, 2.75) is 12.8 Å². The molecule has 3 N–H and O–H groups in total. The number of benzene rings is 1. The van der Waals surface area contributed by atoms with Crippen LogP contribution in [0.4, 0.5) is 4.39 Å². The topological polar surface area (TPSA) is 58.4 Å². The van der Waals surface area contributed by atoms with Crippen LogP contribution in [0.3, 0.4) is 0 Å². The number of amides is 1. The molecule has 1 aromatic carbocycles. The fourth-order valence-electron chi connectivity index (χ4n) is 2.36. The summed E-state index contributed by atoms with van der Waals surface area (Å²) in [6.07, 6.45) is 2.43. The number of hydrogen-bond donors (Lipinski definition) is 2. The highest BCUT2D eigenvalue weighted by Gasteiger charge is 2.14. The lowest BCUT2D eigenvalue weighted by Crippen LogP contribution is -2.33. The van der Waals surface area contributed by atoms with E-state index in [1.807, 2.05) is 0 Å². The Bertz CT molecular complexity index is 556. The van der Waals surface area contributed by atoms with E-state index in [1.54, 1.807) is 6.07 Å². The Morgan fingerprint density at radius 2 is 2.14 bits per heavy atom. The van der Waals surface area contributed by atoms with Crippen molar-refractivity contribution in [1.82, 2.24) is 10.2 Å². The van der Waals surface area contributed by atoms with Crippen molar-refractivity contribution in [2.24, 2.45) is 5.73 Å². The highest BCUT2D eigenvalue weighted by Crippen LogP contribution is 2.10. The molecule has 1 fully saturated rings. The fraction of sp³-hybridized carbons (Fsp3) is 0.438. The van der Waals surface area contributed by atoms with Crippen LogP contribution in [0.2, 0.25) is 0 Å². The molecule has 1 saturated heterocycles. The van der Waals surface area contributed by atoms with Gasteiger partial charge in [-0.25, -0.2) is 4.39 Å². The van der Waals surface area contributed by atoms with Gasteiger partial charge in [-0.05, 0) is 44.1 Å². The SMILES string of the molecule is NCC#Cc1ccc(F)c(C(=O)NCCN2CCCC2)c1. The van der Waals surface area contributed by atoms with Crippen LogP contribution in [0.1, 0.15) is 28.8 Å². The number of carbonyl (C=O) groups is 1. The second-order valence-electron chi connectivity index (χ2n) is 5.01. The van der Waals surface area contributed by atoms with Crippen molar-refractivity contribution in [3.63, 3.8) is 0 Å². The van der Waals surface area contributed by atoms with Gasteiger partial charge in [0.1, 0.15) is 5.82 Å². The summed E-state index contributed by atoms with van der Waals surface area (Å²) in [6.45, 7) is 3.72. The maximum absolute atomic E-state index is 13.7. The summed E-state index contributed by atoms with van der Waals surface area (Å²) in [7, 11) is 0. The summed E-state index contributed by atoms with van der Waals surface area (Å²) in [5.41, 5.74) is 5.92. The monoisotopic (exact) mass is 289 g/mol. The molecule has 4 nitrogen and oxygen atoms in total. The molecule has 0 aromatic heterocycles. The molecule has 1 aliphatic heterocycles. The van der Waals surface area contributed by atoms with Gasteiger partial charge in [-0.15, -0.1) is 0 Å². The maximum atomic E-state index is 13.7. The molecule has 1 amide bonds. The molecule has 1 heterocycles. The minimum atomic E-state index is -0.535. The molecule has 1 aliphatic rings. The normalized spacial score (nSPS) is 14.6. The van der Waals surface area contributed by atoms with Crippen LogP contribution >= 0.6 is 0 Å². The van der Waals surface area contributed by atoms with Gasteiger partial charge >= 0.3 is 0 Å². The van der Waals surface area contributed by atoms with Crippen LogP contribution in [-0.2, 0) is 0 Å². The van der Waals surface area contributed by atoms with E-state index in [0.29, 0.717) is 12.1 Å². The van der Waals surface area contributed by atoms with E-state index >= 15 is 0 Å². The molecular formula is C16H20FN3O. The highest BCUT2D eigenvalue weighted by atomic mass is 19.1. The molecular weight excluding hydrogens is 269 g/mol. The van der Waals surface area contributed by atoms with Crippen molar-refractivity contribution < 1.29 is 9.18 Å². The molecule has 5 heteroatoms. The van der Waals surface area contributed by atoms with Gasteiger partial charge in [-0.2, -0.15) is 0 Å². The third-order valence-corrected chi connectivity index (χ3v) is 3.46. The van der Waals surface area contributed by atoms with Crippen LogP contribution < -0.4 is 11.1 Å². The second kappa shape index (κ2) is 7.77. The third-order valence-electron chi connectivity index (χ3n) is 3.46. The van der Waals surface area contributed by atoms with Crippen LogP contribution in [0.15, 0.2) is 18.2 Å². The zero-order chi connectivity index (χ0) is 15.1. The lowest BCUT2D eigenvalue weighted by Gasteiger charge is -2.14. The number of rotatable bonds is 4. The molecule has 2 rings (SSSR count). The second-order valence-corrected chi connectivity index (χ2v) is 5.01. The molecule has 21 heavy (non-hydrogen) atoms. The zero-order valence-electron chi connectivity index (χ0n) is 12.0. The number of nitrogens with zero attached hydrogens (tertiary/aromatic N) is 1. The summed E-state index contributed by atoms with van der Waals surface area (Å²) in [4.78, 5) is 14.3. The van der Waals surface area contributed by atoms with Crippen LogP contribution in [0.25, 0.3) is 0 Å². The van der Waals surface area contributed by atoms with E-state index in [-0.39, 0.29) is 12.1 Å². The van der Waals surface area contributed by atoms with Crippen molar-refractivity contribution in [3.8, 4) is 11.8 Å². The summed E-state index contributed by atoms with van der Waals surface area (Å²) in [5, 5.41) is 2.76. The van der Waals surface area contributed by atoms with E-state index in [1.165, 1.54) is 25.0 Å². The number of hydrogen-bond acceptors (Lipinski definition) is 3. The van der Waals surface area contributed by atoms with Gasteiger partial charge < -0.3 is 16.0 Å². The lowest BCUT2D eigenvalue weighted by molar-refractivity contribution is 0.0945. The minimum absolute atomic E-state index is 0.0280. The van der Waals surface area contributed by atoms with Gasteiger partial charge in [0.25, 0.3) is 5.91 Å². The minimum Gasteiger partial charge on any atom is -0.351 e. The van der Waals surface area contributed by atoms with Crippen LogP contribution in [-0.4, -0.2) is 43.5 Å². The van der Waals surface area contributed by atoms with Crippen molar-refractivity contribution in [1.29, 1.82) is 0 Å². The van der Waals surface area contributed by atoms with E-state index in [4.69, 9.17) is 5.73 Å². The first kappa shape index (κ1) is 15.5. The van der Waals surface area contributed by atoms with Crippen molar-refractivity contribution in [3.05, 3.63) is 35.1 Å². The average molecular weight is 289 g/mol. The molecule has 0 saturated carbocycles. The molecule has 1 aromatic rings. The Morgan fingerprint density at radius 1 is 1.38 bits per heavy atom. The average Bonchev–Trinajstić information content (AvgIpc) is 2.99. The van der Waals surface area contributed by atoms with E-state index in [0.717, 1.165) is 19.6 Å². The van der Waals surface area contributed by atoms with Gasteiger partial charge in [0.05, 0.1) is 12.1 Å². The predicted molar refractivity (Wildman–Crippen MR) is 80.3 cm³/mol. The molecule has 0 unspecified atom stereocenters. The number of likely N-dealkylation sites (tertiary alicyclic amines) is 1. The zero-order valence-corrected chi connectivity index (χ0v) is 12.0. The van der Waals surface area contributed by atoms with Crippen molar-refractivity contribution >= 4 is 5.91 Å². The molecule has 0 bridgehead atoms. The number of nitrogens with one attached hydrogen (secondary N) is 1. The standard InChI is InChI=1S/C16H20FN3O/c17-15-6-5-13(4-3-7-18)12-14(15)16(21)19-8-11-20-9-1-2-10-20/h5-6,12H,1-2,7-11,18H2,(H,19,21). The first-order valence-electron chi connectivity index (χ1n) is 7.20. The predicted octanol–water partition coefficient (Wildman–Crippen LogP) is 0.961. The van der Waals surface area contributed by atoms with E-state index in [2.05, 4.69) is 22.1 Å². The Kier molecular flexibility index (Phi) is 5.73. The molecule has 0 spiro atoms. The Hall–Kier alpha value is -1.90. The van der Waals surface area contributed by atoms with Gasteiger partial charge in [0, 0.05) is 18.7 Å². The lowest BCUT2D eigenvalue weighted by atomic mass is 10.1. The Labute approximate surface area is 124 Å². The van der Waals surface area contributed by atoms with Crippen LogP contribution in [0.5, 0.6) is 0 Å². The molecule has 0 radical (unpaired) electrons. The molecule has 112 valence electrons. The Morgan fingerprint density at radius 3 is 2.86 bits per heavy atom. The molecule has 0 aliphatic carbocycles. The summed E-state index contributed by atoms with van der Waals surface area (Å²) >= 11 is 0. The highest BCUT2D eigenvalue weighted by molar-refractivity contribution is 5.94. The van der Waals surface area contributed by atoms with E-state index < -0.39 is 11.7 Å². The molecule has 0 atom stereocenters. The largest absolute Gasteiger partial charge is 0.351 e. The van der Waals surface area contributed by atoms with Gasteiger partial charge in [-0.1, -0.05) is 11.8 Å². The van der Waals surface area contributed by atoms with Gasteiger partial charge in [0.2, 0.25) is 0 Å². The van der Waals surface area contributed by atoms with E-state index in [9.17, 15) is 9.18 Å². The van der Waals surface area contributed by atoms with Gasteiger partial charge in [-0.3, -0.25) is 4.79 Å². The first-order chi connectivity index (χ1) is 10.2. The fourth-order valence-corrected chi connectivity index (χ4v) is 2.36. The smallest absolute Gasteiger partial charge is 0.254 e. The first-order valence-corrected chi connectivity index (χ1v) is 7.20. The van der Waals surface area contributed by atoms with Gasteiger partial charge in [0.15, 0.2) is 0 Å². The quantitative estimate of drug-likeness (QED) is 0.812. The number of carbonyl (C=O) groups excluding carboxylic acids is 1. The van der Waals surface area contributed by atoms with Crippen molar-refractivity contribution in [2.75, 3.05) is 32.7 Å². The summed E-state index contributed by atoms with van der Waals surface area (Å²) in [5.74, 6) is 4.55. The summed E-state index contributed by atoms with van der Waals surface area (Å²) in [6, 6.07) is 4.26. The number of halogens is 1. The number of nitrogens with two attached hydrogens (primary N) is 1.